The predicted octanol–water partition coefficient (Wildman–Crippen LogP) is 1.24. The fourth-order valence-corrected chi connectivity index (χ4v) is 1.53. The van der Waals surface area contributed by atoms with Crippen LogP contribution in [0.2, 0.25) is 0 Å². The van der Waals surface area contributed by atoms with Gasteiger partial charge in [0.25, 0.3) is 0 Å². The van der Waals surface area contributed by atoms with Crippen molar-refractivity contribution in [2.75, 3.05) is 0 Å². The molecule has 0 saturated heterocycles. The van der Waals surface area contributed by atoms with E-state index < -0.39 is 0 Å². The summed E-state index contributed by atoms with van der Waals surface area (Å²) < 4.78 is 0. The Morgan fingerprint density at radius 3 is 2.27 bits per heavy atom. The van der Waals surface area contributed by atoms with Gasteiger partial charge in [0.15, 0.2) is 0 Å². The predicted molar refractivity (Wildman–Crippen MR) is 48.1 cm³/mol. The highest BCUT2D eigenvalue weighted by Gasteiger charge is 2.24. The number of rotatable bonds is 0. The van der Waals surface area contributed by atoms with Crippen LogP contribution in [0.1, 0.15) is 27.7 Å². The van der Waals surface area contributed by atoms with Crippen LogP contribution in [0.25, 0.3) is 0 Å². The lowest BCUT2D eigenvalue weighted by molar-refractivity contribution is 0.376. The summed E-state index contributed by atoms with van der Waals surface area (Å²) >= 11 is 0. The fourth-order valence-electron chi connectivity index (χ4n) is 1.53. The van der Waals surface area contributed by atoms with E-state index in [-0.39, 0.29) is 6.17 Å². The molecule has 1 heterocycles. The van der Waals surface area contributed by atoms with Gasteiger partial charge in [0, 0.05) is 6.04 Å². The minimum atomic E-state index is 0.0706. The molecule has 2 heteroatoms. The summed E-state index contributed by atoms with van der Waals surface area (Å²) in [6, 6.07) is 0.508. The normalized spacial score (nSPS) is 39.5. The molecule has 1 aliphatic heterocycles. The average Bonchev–Trinajstić information content (AvgIpc) is 1.97. The topological polar surface area (TPSA) is 38.0 Å². The molecule has 0 fully saturated rings. The van der Waals surface area contributed by atoms with Crippen LogP contribution in [-0.2, 0) is 0 Å². The highest BCUT2D eigenvalue weighted by molar-refractivity contribution is 5.22. The molecule has 0 aromatic carbocycles. The van der Waals surface area contributed by atoms with Crippen LogP contribution in [0, 0.1) is 5.92 Å². The summed E-state index contributed by atoms with van der Waals surface area (Å²) in [5.41, 5.74) is 8.60. The molecule has 1 rings (SSSR count). The second kappa shape index (κ2) is 2.95. The molecule has 2 nitrogen and oxygen atoms in total. The zero-order valence-corrected chi connectivity index (χ0v) is 7.81. The number of hydrogen-bond acceptors (Lipinski definition) is 2. The van der Waals surface area contributed by atoms with Gasteiger partial charge >= 0.3 is 0 Å². The molecule has 64 valence electrons. The van der Waals surface area contributed by atoms with E-state index in [1.165, 1.54) is 11.1 Å². The third-order valence-electron chi connectivity index (χ3n) is 2.96. The lowest BCUT2D eigenvalue weighted by Gasteiger charge is -2.34. The molecule has 0 aliphatic carbocycles. The quantitative estimate of drug-likeness (QED) is 0.515. The Kier molecular flexibility index (Phi) is 2.35. The minimum absolute atomic E-state index is 0.0706. The van der Waals surface area contributed by atoms with Crippen LogP contribution in [-0.4, -0.2) is 12.2 Å². The van der Waals surface area contributed by atoms with Crippen molar-refractivity contribution in [1.29, 1.82) is 0 Å². The van der Waals surface area contributed by atoms with Crippen LogP contribution in [0.4, 0.5) is 0 Å². The van der Waals surface area contributed by atoms with Gasteiger partial charge in [0.05, 0.1) is 6.17 Å². The van der Waals surface area contributed by atoms with Crippen molar-refractivity contribution in [1.82, 2.24) is 5.32 Å². The first kappa shape index (κ1) is 8.75. The van der Waals surface area contributed by atoms with E-state index in [4.69, 9.17) is 5.73 Å². The zero-order chi connectivity index (χ0) is 8.59. The number of nitrogens with two attached hydrogens (primary N) is 1. The first-order chi connectivity index (χ1) is 5.04. The minimum Gasteiger partial charge on any atom is -0.312 e. The smallest absolute Gasteiger partial charge is 0.0771 e. The lowest BCUT2D eigenvalue weighted by Crippen LogP contribution is -2.50. The van der Waals surface area contributed by atoms with Crippen molar-refractivity contribution in [3.8, 4) is 0 Å². The van der Waals surface area contributed by atoms with Gasteiger partial charge in [0.1, 0.15) is 0 Å². The standard InChI is InChI=1S/C9H18N2/c1-5-6(2)8(4)11-9(10)7(5)3/h6,8-9,11H,10H2,1-4H3. The van der Waals surface area contributed by atoms with Gasteiger partial charge in [-0.25, -0.2) is 0 Å². The molecule has 3 N–H and O–H groups in total. The van der Waals surface area contributed by atoms with Gasteiger partial charge in [-0.2, -0.15) is 0 Å². The number of nitrogens with one attached hydrogen (secondary N) is 1. The Balaban J connectivity index is 2.89. The van der Waals surface area contributed by atoms with E-state index in [1.807, 2.05) is 0 Å². The maximum Gasteiger partial charge on any atom is 0.0771 e. The molecule has 0 aromatic rings. The van der Waals surface area contributed by atoms with Crippen LogP contribution in [0.3, 0.4) is 0 Å². The van der Waals surface area contributed by atoms with Gasteiger partial charge in [-0.05, 0) is 32.3 Å². The highest BCUT2D eigenvalue weighted by atomic mass is 15.1. The first-order valence-electron chi connectivity index (χ1n) is 4.23. The largest absolute Gasteiger partial charge is 0.312 e. The third-order valence-corrected chi connectivity index (χ3v) is 2.96. The Hall–Kier alpha value is -0.340. The summed E-state index contributed by atoms with van der Waals surface area (Å²) in [5.74, 6) is 0.620. The molecular formula is C9H18N2. The van der Waals surface area contributed by atoms with E-state index in [1.54, 1.807) is 0 Å². The fraction of sp³-hybridized carbons (Fsp3) is 0.778. The Bertz CT molecular complexity index is 184. The Morgan fingerprint density at radius 2 is 1.73 bits per heavy atom. The van der Waals surface area contributed by atoms with Gasteiger partial charge in [-0.1, -0.05) is 12.5 Å². The number of hydrogen-bond donors (Lipinski definition) is 2. The van der Waals surface area contributed by atoms with Gasteiger partial charge in [-0.3, -0.25) is 5.32 Å². The second-order valence-electron chi connectivity index (χ2n) is 3.59. The third kappa shape index (κ3) is 1.47. The Labute approximate surface area is 68.9 Å². The molecule has 0 spiro atoms. The van der Waals surface area contributed by atoms with E-state index in [9.17, 15) is 0 Å². The van der Waals surface area contributed by atoms with E-state index >= 15 is 0 Å². The molecule has 0 saturated carbocycles. The second-order valence-corrected chi connectivity index (χ2v) is 3.59. The first-order valence-corrected chi connectivity index (χ1v) is 4.23. The van der Waals surface area contributed by atoms with E-state index in [0.29, 0.717) is 12.0 Å². The Morgan fingerprint density at radius 1 is 1.18 bits per heavy atom. The van der Waals surface area contributed by atoms with Crippen molar-refractivity contribution in [2.24, 2.45) is 11.7 Å². The van der Waals surface area contributed by atoms with Crippen LogP contribution in [0.15, 0.2) is 11.1 Å². The van der Waals surface area contributed by atoms with Crippen molar-refractivity contribution in [3.05, 3.63) is 11.1 Å². The SMILES string of the molecule is CC1=C(C)C(C)C(C)NC1N. The van der Waals surface area contributed by atoms with Crippen LogP contribution < -0.4 is 11.1 Å². The van der Waals surface area contributed by atoms with E-state index in [2.05, 4.69) is 33.0 Å². The molecule has 1 aliphatic rings. The van der Waals surface area contributed by atoms with Crippen LogP contribution >= 0.6 is 0 Å². The van der Waals surface area contributed by atoms with Gasteiger partial charge in [-0.15, -0.1) is 0 Å². The molecule has 11 heavy (non-hydrogen) atoms. The van der Waals surface area contributed by atoms with Crippen molar-refractivity contribution in [2.45, 2.75) is 39.9 Å². The summed E-state index contributed by atoms with van der Waals surface area (Å²) in [7, 11) is 0. The molecule has 0 amide bonds. The van der Waals surface area contributed by atoms with Crippen LogP contribution in [0.5, 0.6) is 0 Å². The molecule has 0 radical (unpaired) electrons. The van der Waals surface area contributed by atoms with Crippen molar-refractivity contribution >= 4 is 0 Å². The van der Waals surface area contributed by atoms with Crippen molar-refractivity contribution < 1.29 is 0 Å². The highest BCUT2D eigenvalue weighted by Crippen LogP contribution is 2.23. The van der Waals surface area contributed by atoms with Gasteiger partial charge in [0.2, 0.25) is 0 Å². The summed E-state index contributed by atoms with van der Waals surface area (Å²) in [6.07, 6.45) is 0.0706. The molecule has 0 bridgehead atoms. The molecule has 0 aromatic heterocycles. The zero-order valence-electron chi connectivity index (χ0n) is 7.81. The maximum atomic E-state index is 5.85. The lowest BCUT2D eigenvalue weighted by atomic mass is 9.87. The molecule has 3 atom stereocenters. The molecular weight excluding hydrogens is 136 g/mol. The average molecular weight is 154 g/mol. The maximum absolute atomic E-state index is 5.85. The summed E-state index contributed by atoms with van der Waals surface area (Å²) in [5, 5.41) is 3.33. The van der Waals surface area contributed by atoms with Gasteiger partial charge < -0.3 is 5.73 Å². The molecule has 3 unspecified atom stereocenters. The monoisotopic (exact) mass is 154 g/mol. The summed E-state index contributed by atoms with van der Waals surface area (Å²) in [4.78, 5) is 0. The van der Waals surface area contributed by atoms with Crippen molar-refractivity contribution in [3.63, 3.8) is 0 Å². The summed E-state index contributed by atoms with van der Waals surface area (Å²) in [6.45, 7) is 8.70. The van der Waals surface area contributed by atoms with E-state index in [0.717, 1.165) is 0 Å².